The molecular weight excluding hydrogens is 240 g/mol. The fourth-order valence-corrected chi connectivity index (χ4v) is 1.67. The van der Waals surface area contributed by atoms with E-state index < -0.39 is 11.6 Å². The lowest BCUT2D eigenvalue weighted by Crippen LogP contribution is -2.10. The van der Waals surface area contributed by atoms with Gasteiger partial charge in [-0.2, -0.15) is 0 Å². The molecule has 3 nitrogen and oxygen atoms in total. The monoisotopic (exact) mass is 253 g/mol. The van der Waals surface area contributed by atoms with Crippen molar-refractivity contribution in [3.63, 3.8) is 0 Å². The van der Waals surface area contributed by atoms with Gasteiger partial charge >= 0.3 is 0 Å². The van der Waals surface area contributed by atoms with E-state index in [1.807, 2.05) is 0 Å². The zero-order chi connectivity index (χ0) is 13.1. The molecule has 1 aromatic rings. The third-order valence-electron chi connectivity index (χ3n) is 2.84. The van der Waals surface area contributed by atoms with Crippen LogP contribution in [0.5, 0.6) is 0 Å². The van der Waals surface area contributed by atoms with Crippen molar-refractivity contribution in [2.45, 2.75) is 19.3 Å². The minimum atomic E-state index is -1.03. The van der Waals surface area contributed by atoms with Crippen LogP contribution in [0.3, 0.4) is 0 Å². The normalized spacial score (nSPS) is 13.6. The third-order valence-corrected chi connectivity index (χ3v) is 2.84. The minimum Gasteiger partial charge on any atom is -0.339 e. The molecule has 0 radical (unpaired) electrons. The molecular formula is C13H13F2NO2. The Kier molecular flexibility index (Phi) is 3.69. The highest BCUT2D eigenvalue weighted by Crippen LogP contribution is 2.13. The first kappa shape index (κ1) is 12.7. The molecule has 0 unspecified atom stereocenters. The molecule has 1 aliphatic heterocycles. The topological polar surface area (TPSA) is 37.1 Å². The molecule has 1 aromatic carbocycles. The number of carbonyl (C=O) groups excluding carboxylic acids is 2. The van der Waals surface area contributed by atoms with E-state index in [0.29, 0.717) is 12.8 Å². The predicted octanol–water partition coefficient (Wildman–Crippen LogP) is 2.16. The first-order valence-electron chi connectivity index (χ1n) is 5.84. The van der Waals surface area contributed by atoms with Gasteiger partial charge in [-0.25, -0.2) is 8.78 Å². The molecule has 1 amide bonds. The van der Waals surface area contributed by atoms with Gasteiger partial charge in [-0.1, -0.05) is 0 Å². The van der Waals surface area contributed by atoms with Crippen LogP contribution < -0.4 is 0 Å². The lowest BCUT2D eigenvalue weighted by atomic mass is 10.1. The van der Waals surface area contributed by atoms with Gasteiger partial charge in [0.25, 0.3) is 0 Å². The second-order valence-corrected chi connectivity index (χ2v) is 4.29. The third kappa shape index (κ3) is 3.12. The van der Waals surface area contributed by atoms with Crippen molar-refractivity contribution in [2.24, 2.45) is 0 Å². The number of amides is 1. The molecule has 0 bridgehead atoms. The zero-order valence-corrected chi connectivity index (χ0v) is 9.79. The number of rotatable bonds is 5. The number of ketones is 1. The molecule has 18 heavy (non-hydrogen) atoms. The maximum Gasteiger partial charge on any atom is 0.222 e. The summed E-state index contributed by atoms with van der Waals surface area (Å²) >= 11 is 0. The standard InChI is InChI=1S/C13H13F2NO2/c14-10-5-4-9(8-11(10)15)12(17)2-1-3-13(18)16-6-7-16/h4-5,8H,1-3,6-7H2. The number of Topliss-reactive ketones (excluding diaryl/α,β-unsaturated/α-hetero) is 1. The maximum absolute atomic E-state index is 12.9. The maximum atomic E-state index is 12.9. The van der Waals surface area contributed by atoms with Crippen molar-refractivity contribution in [1.82, 2.24) is 4.90 Å². The molecule has 96 valence electrons. The van der Waals surface area contributed by atoms with Crippen LogP contribution in [0.2, 0.25) is 0 Å². The van der Waals surface area contributed by atoms with Crippen LogP contribution in [0.1, 0.15) is 29.6 Å². The Bertz CT molecular complexity index is 484. The van der Waals surface area contributed by atoms with Gasteiger partial charge in [0.05, 0.1) is 0 Å². The fourth-order valence-electron chi connectivity index (χ4n) is 1.67. The number of benzene rings is 1. The van der Waals surface area contributed by atoms with Gasteiger partial charge in [0, 0.05) is 31.5 Å². The van der Waals surface area contributed by atoms with Crippen LogP contribution in [0.4, 0.5) is 8.78 Å². The van der Waals surface area contributed by atoms with Gasteiger partial charge in [-0.05, 0) is 24.6 Å². The van der Waals surface area contributed by atoms with E-state index in [1.165, 1.54) is 6.07 Å². The number of hydrogen-bond acceptors (Lipinski definition) is 2. The summed E-state index contributed by atoms with van der Waals surface area (Å²) in [5.41, 5.74) is 0.146. The van der Waals surface area contributed by atoms with Crippen LogP contribution in [0, 0.1) is 11.6 Å². The van der Waals surface area contributed by atoms with E-state index in [2.05, 4.69) is 0 Å². The van der Waals surface area contributed by atoms with Crippen LogP contribution in [0.25, 0.3) is 0 Å². The molecule has 2 rings (SSSR count). The van der Waals surface area contributed by atoms with Crippen molar-refractivity contribution in [2.75, 3.05) is 13.1 Å². The highest BCUT2D eigenvalue weighted by molar-refractivity contribution is 5.96. The van der Waals surface area contributed by atoms with E-state index in [0.717, 1.165) is 25.2 Å². The predicted molar refractivity (Wildman–Crippen MR) is 61.1 cm³/mol. The summed E-state index contributed by atoms with van der Waals surface area (Å²) in [7, 11) is 0. The summed E-state index contributed by atoms with van der Waals surface area (Å²) in [5.74, 6) is -2.22. The Hall–Kier alpha value is -1.78. The van der Waals surface area contributed by atoms with Crippen molar-refractivity contribution >= 4 is 11.7 Å². The van der Waals surface area contributed by atoms with Gasteiger partial charge in [0.15, 0.2) is 17.4 Å². The molecule has 0 N–H and O–H groups in total. The molecule has 0 spiro atoms. The van der Waals surface area contributed by atoms with Crippen molar-refractivity contribution in [3.05, 3.63) is 35.4 Å². The Balaban J connectivity index is 1.83. The number of halogens is 2. The first-order valence-corrected chi connectivity index (χ1v) is 5.84. The smallest absolute Gasteiger partial charge is 0.222 e. The van der Waals surface area contributed by atoms with Gasteiger partial charge in [-0.15, -0.1) is 0 Å². The quantitative estimate of drug-likeness (QED) is 0.595. The highest BCUT2D eigenvalue weighted by Gasteiger charge is 2.23. The average molecular weight is 253 g/mol. The Morgan fingerprint density at radius 1 is 1.11 bits per heavy atom. The van der Waals surface area contributed by atoms with Crippen LogP contribution in [-0.4, -0.2) is 29.7 Å². The number of hydrogen-bond donors (Lipinski definition) is 0. The largest absolute Gasteiger partial charge is 0.339 e. The molecule has 1 fully saturated rings. The average Bonchev–Trinajstić information content (AvgIpc) is 3.16. The van der Waals surface area contributed by atoms with Crippen LogP contribution in [0.15, 0.2) is 18.2 Å². The molecule has 0 atom stereocenters. The van der Waals surface area contributed by atoms with Gasteiger partial charge in [0.1, 0.15) is 0 Å². The summed E-state index contributed by atoms with van der Waals surface area (Å²) < 4.78 is 25.6. The summed E-state index contributed by atoms with van der Waals surface area (Å²) in [6, 6.07) is 3.08. The van der Waals surface area contributed by atoms with Crippen molar-refractivity contribution < 1.29 is 18.4 Å². The van der Waals surface area contributed by atoms with Crippen LogP contribution in [-0.2, 0) is 4.79 Å². The summed E-state index contributed by atoms with van der Waals surface area (Å²) in [5, 5.41) is 0. The SMILES string of the molecule is O=C(CCCC(=O)N1CC1)c1ccc(F)c(F)c1. The van der Waals surface area contributed by atoms with Crippen molar-refractivity contribution in [3.8, 4) is 0 Å². The van der Waals surface area contributed by atoms with E-state index >= 15 is 0 Å². The lowest BCUT2D eigenvalue weighted by Gasteiger charge is -2.02. The Morgan fingerprint density at radius 2 is 1.83 bits per heavy atom. The molecule has 5 heteroatoms. The lowest BCUT2D eigenvalue weighted by molar-refractivity contribution is -0.125. The van der Waals surface area contributed by atoms with Gasteiger partial charge in [0.2, 0.25) is 5.91 Å². The number of nitrogens with zero attached hydrogens (tertiary/aromatic N) is 1. The highest BCUT2D eigenvalue weighted by atomic mass is 19.2. The second-order valence-electron chi connectivity index (χ2n) is 4.29. The van der Waals surface area contributed by atoms with Crippen molar-refractivity contribution in [1.29, 1.82) is 0 Å². The zero-order valence-electron chi connectivity index (χ0n) is 9.79. The Labute approximate surface area is 103 Å². The second kappa shape index (κ2) is 5.25. The molecule has 0 aliphatic carbocycles. The molecule has 1 heterocycles. The van der Waals surface area contributed by atoms with E-state index in [-0.39, 0.29) is 23.7 Å². The number of carbonyl (C=O) groups is 2. The minimum absolute atomic E-state index is 0.0492. The fraction of sp³-hybridized carbons (Fsp3) is 0.385. The van der Waals surface area contributed by atoms with Gasteiger partial charge in [-0.3, -0.25) is 9.59 Å². The Morgan fingerprint density at radius 3 is 2.44 bits per heavy atom. The molecule has 1 saturated heterocycles. The van der Waals surface area contributed by atoms with E-state index in [9.17, 15) is 18.4 Å². The van der Waals surface area contributed by atoms with Gasteiger partial charge < -0.3 is 4.90 Å². The molecule has 1 aliphatic rings. The summed E-state index contributed by atoms with van der Waals surface area (Å²) in [4.78, 5) is 24.7. The summed E-state index contributed by atoms with van der Waals surface area (Å²) in [6.45, 7) is 1.60. The molecule has 0 aromatic heterocycles. The van der Waals surface area contributed by atoms with Crippen LogP contribution >= 0.6 is 0 Å². The van der Waals surface area contributed by atoms with E-state index in [4.69, 9.17) is 0 Å². The summed E-state index contributed by atoms with van der Waals surface area (Å²) in [6.07, 6.45) is 0.938. The van der Waals surface area contributed by atoms with E-state index in [1.54, 1.807) is 4.90 Å². The first-order chi connectivity index (χ1) is 8.58. The molecule has 0 saturated carbocycles.